The molecule has 1 fully saturated rings. The summed E-state index contributed by atoms with van der Waals surface area (Å²) in [6, 6.07) is 11.2. The van der Waals surface area contributed by atoms with Gasteiger partial charge in [-0.25, -0.2) is 0 Å². The van der Waals surface area contributed by atoms with Crippen molar-refractivity contribution in [1.29, 1.82) is 0 Å². The SMILES string of the molecule is CC(NCc1cccc2cccnc12)C1CC1. The van der Waals surface area contributed by atoms with Crippen LogP contribution < -0.4 is 5.32 Å². The summed E-state index contributed by atoms with van der Waals surface area (Å²) in [7, 11) is 0. The standard InChI is InChI=1S/C15H18N2/c1-11(12-7-8-12)17-10-14-5-2-4-13-6-3-9-16-15(13)14/h2-6,9,11-12,17H,7-8,10H2,1H3. The molecule has 1 saturated carbocycles. The largest absolute Gasteiger partial charge is 0.310 e. The first-order valence-electron chi connectivity index (χ1n) is 6.40. The molecule has 0 radical (unpaired) electrons. The highest BCUT2D eigenvalue weighted by Crippen LogP contribution is 2.32. The number of nitrogens with one attached hydrogen (secondary N) is 1. The van der Waals surface area contributed by atoms with Crippen LogP contribution in [0.2, 0.25) is 0 Å². The summed E-state index contributed by atoms with van der Waals surface area (Å²) in [5.41, 5.74) is 2.43. The van der Waals surface area contributed by atoms with E-state index in [2.05, 4.69) is 41.5 Å². The number of hydrogen-bond acceptors (Lipinski definition) is 2. The van der Waals surface area contributed by atoms with Crippen molar-refractivity contribution in [3.63, 3.8) is 0 Å². The molecule has 88 valence electrons. The van der Waals surface area contributed by atoms with Gasteiger partial charge in [-0.3, -0.25) is 4.98 Å². The summed E-state index contributed by atoms with van der Waals surface area (Å²) in [6.07, 6.45) is 4.65. The summed E-state index contributed by atoms with van der Waals surface area (Å²) in [5, 5.41) is 4.84. The molecule has 0 amide bonds. The zero-order valence-corrected chi connectivity index (χ0v) is 10.2. The van der Waals surface area contributed by atoms with Gasteiger partial charge in [0.1, 0.15) is 0 Å². The molecule has 1 aromatic heterocycles. The van der Waals surface area contributed by atoms with E-state index in [0.29, 0.717) is 6.04 Å². The normalized spacial score (nSPS) is 17.2. The van der Waals surface area contributed by atoms with Crippen molar-refractivity contribution < 1.29 is 0 Å². The Morgan fingerprint density at radius 2 is 2.12 bits per heavy atom. The van der Waals surface area contributed by atoms with Crippen molar-refractivity contribution in [2.24, 2.45) is 5.92 Å². The second-order valence-electron chi connectivity index (χ2n) is 5.00. The number of pyridine rings is 1. The number of benzene rings is 1. The fourth-order valence-electron chi connectivity index (χ4n) is 2.34. The average molecular weight is 226 g/mol. The number of rotatable bonds is 4. The molecule has 2 heteroatoms. The van der Waals surface area contributed by atoms with Crippen molar-refractivity contribution in [1.82, 2.24) is 10.3 Å². The molecule has 0 aliphatic heterocycles. The third-order valence-corrected chi connectivity index (χ3v) is 3.66. The molecule has 1 heterocycles. The monoisotopic (exact) mass is 226 g/mol. The van der Waals surface area contributed by atoms with Gasteiger partial charge in [-0.1, -0.05) is 24.3 Å². The quantitative estimate of drug-likeness (QED) is 0.866. The first kappa shape index (κ1) is 10.7. The molecule has 2 aromatic rings. The number of aromatic nitrogens is 1. The maximum absolute atomic E-state index is 4.48. The molecular weight excluding hydrogens is 208 g/mol. The molecule has 2 nitrogen and oxygen atoms in total. The van der Waals surface area contributed by atoms with Crippen LogP contribution in [0.4, 0.5) is 0 Å². The Labute approximate surface area is 102 Å². The zero-order chi connectivity index (χ0) is 11.7. The van der Waals surface area contributed by atoms with E-state index in [0.717, 1.165) is 18.0 Å². The van der Waals surface area contributed by atoms with E-state index < -0.39 is 0 Å². The fourth-order valence-corrected chi connectivity index (χ4v) is 2.34. The van der Waals surface area contributed by atoms with Crippen LogP contribution in [0.1, 0.15) is 25.3 Å². The lowest BCUT2D eigenvalue weighted by molar-refractivity contribution is 0.497. The summed E-state index contributed by atoms with van der Waals surface area (Å²) in [6.45, 7) is 3.21. The minimum atomic E-state index is 0.633. The maximum atomic E-state index is 4.48. The molecule has 1 aliphatic carbocycles. The van der Waals surface area contributed by atoms with Crippen LogP contribution in [0.15, 0.2) is 36.5 Å². The third-order valence-electron chi connectivity index (χ3n) is 3.66. The number of hydrogen-bond donors (Lipinski definition) is 1. The van der Waals surface area contributed by atoms with Gasteiger partial charge in [0, 0.05) is 24.2 Å². The number of para-hydroxylation sites is 1. The molecule has 0 spiro atoms. The van der Waals surface area contributed by atoms with Crippen molar-refractivity contribution in [3.8, 4) is 0 Å². The van der Waals surface area contributed by atoms with Gasteiger partial charge in [-0.05, 0) is 37.3 Å². The van der Waals surface area contributed by atoms with Crippen LogP contribution in [0.3, 0.4) is 0 Å². The van der Waals surface area contributed by atoms with E-state index >= 15 is 0 Å². The minimum Gasteiger partial charge on any atom is -0.310 e. The highest BCUT2D eigenvalue weighted by Gasteiger charge is 2.27. The van der Waals surface area contributed by atoms with Gasteiger partial charge in [0.05, 0.1) is 5.52 Å². The van der Waals surface area contributed by atoms with Gasteiger partial charge >= 0.3 is 0 Å². The van der Waals surface area contributed by atoms with Crippen LogP contribution >= 0.6 is 0 Å². The van der Waals surface area contributed by atoms with Crippen molar-refractivity contribution in [2.45, 2.75) is 32.4 Å². The lowest BCUT2D eigenvalue weighted by Gasteiger charge is -2.13. The van der Waals surface area contributed by atoms with Crippen LogP contribution in [-0.2, 0) is 6.54 Å². The van der Waals surface area contributed by atoms with Gasteiger partial charge < -0.3 is 5.32 Å². The van der Waals surface area contributed by atoms with Gasteiger partial charge in [0.15, 0.2) is 0 Å². The Bertz CT molecular complexity index is 512. The Kier molecular flexibility index (Phi) is 2.81. The van der Waals surface area contributed by atoms with Gasteiger partial charge in [-0.2, -0.15) is 0 Å². The molecule has 3 rings (SSSR count). The summed E-state index contributed by atoms with van der Waals surface area (Å²) in [5.74, 6) is 0.901. The smallest absolute Gasteiger partial charge is 0.0746 e. The molecule has 1 unspecified atom stereocenters. The maximum Gasteiger partial charge on any atom is 0.0746 e. The predicted molar refractivity (Wildman–Crippen MR) is 70.8 cm³/mol. The second kappa shape index (κ2) is 4.46. The highest BCUT2D eigenvalue weighted by molar-refractivity contribution is 5.81. The van der Waals surface area contributed by atoms with Crippen molar-refractivity contribution in [3.05, 3.63) is 42.1 Å². The lowest BCUT2D eigenvalue weighted by Crippen LogP contribution is -2.27. The summed E-state index contributed by atoms with van der Waals surface area (Å²) in [4.78, 5) is 4.48. The molecular formula is C15H18N2. The molecule has 1 atom stereocenters. The number of fused-ring (bicyclic) bond motifs is 1. The molecule has 1 aliphatic rings. The van der Waals surface area contributed by atoms with E-state index in [1.807, 2.05) is 12.3 Å². The molecule has 0 saturated heterocycles. The Morgan fingerprint density at radius 3 is 2.94 bits per heavy atom. The first-order chi connectivity index (χ1) is 8.34. The average Bonchev–Trinajstić information content (AvgIpc) is 3.20. The Morgan fingerprint density at radius 1 is 1.29 bits per heavy atom. The third kappa shape index (κ3) is 2.32. The Hall–Kier alpha value is -1.41. The highest BCUT2D eigenvalue weighted by atomic mass is 14.9. The Balaban J connectivity index is 1.79. The van der Waals surface area contributed by atoms with E-state index in [-0.39, 0.29) is 0 Å². The first-order valence-corrected chi connectivity index (χ1v) is 6.40. The van der Waals surface area contributed by atoms with E-state index in [1.165, 1.54) is 23.8 Å². The molecule has 1 N–H and O–H groups in total. The van der Waals surface area contributed by atoms with E-state index in [9.17, 15) is 0 Å². The van der Waals surface area contributed by atoms with Crippen LogP contribution in [0.5, 0.6) is 0 Å². The van der Waals surface area contributed by atoms with Gasteiger partial charge in [0.2, 0.25) is 0 Å². The van der Waals surface area contributed by atoms with E-state index in [4.69, 9.17) is 0 Å². The lowest BCUT2D eigenvalue weighted by atomic mass is 10.1. The van der Waals surface area contributed by atoms with Crippen molar-refractivity contribution >= 4 is 10.9 Å². The van der Waals surface area contributed by atoms with Gasteiger partial charge in [-0.15, -0.1) is 0 Å². The van der Waals surface area contributed by atoms with Gasteiger partial charge in [0.25, 0.3) is 0 Å². The zero-order valence-electron chi connectivity index (χ0n) is 10.2. The summed E-state index contributed by atoms with van der Waals surface area (Å²) < 4.78 is 0. The minimum absolute atomic E-state index is 0.633. The van der Waals surface area contributed by atoms with Crippen molar-refractivity contribution in [2.75, 3.05) is 0 Å². The second-order valence-corrected chi connectivity index (χ2v) is 5.00. The molecule has 17 heavy (non-hydrogen) atoms. The fraction of sp³-hybridized carbons (Fsp3) is 0.400. The predicted octanol–water partition coefficient (Wildman–Crippen LogP) is 3.12. The van der Waals surface area contributed by atoms with E-state index in [1.54, 1.807) is 0 Å². The topological polar surface area (TPSA) is 24.9 Å². The molecule has 0 bridgehead atoms. The van der Waals surface area contributed by atoms with Crippen LogP contribution in [0, 0.1) is 5.92 Å². The van der Waals surface area contributed by atoms with Crippen LogP contribution in [0.25, 0.3) is 10.9 Å². The molecule has 1 aromatic carbocycles. The summed E-state index contributed by atoms with van der Waals surface area (Å²) >= 11 is 0. The number of nitrogens with zero attached hydrogens (tertiary/aromatic N) is 1. The van der Waals surface area contributed by atoms with Crippen LogP contribution in [-0.4, -0.2) is 11.0 Å².